The van der Waals surface area contributed by atoms with Crippen LogP contribution in [0.25, 0.3) is 89.3 Å². The fourth-order valence-corrected chi connectivity index (χ4v) is 8.01. The van der Waals surface area contributed by atoms with Gasteiger partial charge in [-0.25, -0.2) is 0 Å². The molecule has 0 radical (unpaired) electrons. The van der Waals surface area contributed by atoms with Gasteiger partial charge in [-0.15, -0.1) is 0 Å². The third-order valence-electron chi connectivity index (χ3n) is 10.4. The maximum absolute atomic E-state index is 2.46. The van der Waals surface area contributed by atoms with Crippen LogP contribution in [0.15, 0.2) is 158 Å². The van der Waals surface area contributed by atoms with Crippen LogP contribution >= 0.6 is 0 Å². The van der Waals surface area contributed by atoms with Gasteiger partial charge in [-0.2, -0.15) is 0 Å². The summed E-state index contributed by atoms with van der Waals surface area (Å²) in [6.45, 7) is 2.32. The first-order chi connectivity index (χ1) is 24.2. The Bertz CT molecular complexity index is 2870. The topological polar surface area (TPSA) is 9.86 Å². The highest BCUT2D eigenvalue weighted by molar-refractivity contribution is 6.10. The monoisotopic (exact) mass is 626 g/mol. The van der Waals surface area contributed by atoms with Crippen LogP contribution in [-0.2, 0) is 0 Å². The van der Waals surface area contributed by atoms with Crippen molar-refractivity contribution in [1.82, 2.24) is 9.13 Å². The molecular formula is C47H34N2. The van der Waals surface area contributed by atoms with Gasteiger partial charge in [0.1, 0.15) is 0 Å². The molecule has 0 spiro atoms. The maximum Gasteiger partial charge on any atom is 0.0541 e. The first-order valence-electron chi connectivity index (χ1n) is 17.2. The number of hydrogen-bond donors (Lipinski definition) is 0. The lowest BCUT2D eigenvalue weighted by Crippen LogP contribution is -2.31. The molecule has 2 aromatic heterocycles. The van der Waals surface area contributed by atoms with Crippen molar-refractivity contribution in [2.75, 3.05) is 0 Å². The van der Waals surface area contributed by atoms with E-state index in [2.05, 4.69) is 186 Å². The molecule has 0 bridgehead atoms. The SMILES string of the molecule is CC1C=c2c(c3cc(-c4cccc(-c5ccc6c(c5)c5ccccc5n6-c5ccccc5)c4)ccc3n2-c2ccc3ccccc3c2)=CC1. The van der Waals surface area contributed by atoms with Crippen molar-refractivity contribution in [3.05, 3.63) is 168 Å². The van der Waals surface area contributed by atoms with E-state index in [-0.39, 0.29) is 0 Å². The van der Waals surface area contributed by atoms with Crippen LogP contribution in [0.1, 0.15) is 13.3 Å². The fourth-order valence-electron chi connectivity index (χ4n) is 8.01. The molecule has 10 rings (SSSR count). The minimum absolute atomic E-state index is 0.506. The van der Waals surface area contributed by atoms with E-state index in [1.807, 2.05) is 0 Å². The van der Waals surface area contributed by atoms with Gasteiger partial charge in [-0.3, -0.25) is 0 Å². The predicted octanol–water partition coefficient (Wildman–Crippen LogP) is 10.8. The molecule has 0 N–H and O–H groups in total. The minimum Gasteiger partial charge on any atom is -0.310 e. The van der Waals surface area contributed by atoms with E-state index < -0.39 is 0 Å². The van der Waals surface area contributed by atoms with Gasteiger partial charge in [0.2, 0.25) is 0 Å². The molecule has 1 aliphatic carbocycles. The molecule has 0 aliphatic heterocycles. The number of hydrogen-bond acceptors (Lipinski definition) is 0. The van der Waals surface area contributed by atoms with Gasteiger partial charge in [0.25, 0.3) is 0 Å². The standard InChI is InChI=1S/C47H34N2/c1-31-18-23-41-43-30-37(21-25-46(43)49(47(41)26-31)39-22-19-32-10-5-6-11-35(32)28-39)34-13-9-12-33(27-34)36-20-24-45-42(29-36)40-16-7-8-17-44(40)48(45)38-14-3-2-4-15-38/h2-17,19-31H,18H2,1H3. The van der Waals surface area contributed by atoms with E-state index in [1.165, 1.54) is 87.7 Å². The lowest BCUT2D eigenvalue weighted by molar-refractivity contribution is 0.793. The van der Waals surface area contributed by atoms with Crippen LogP contribution in [-0.4, -0.2) is 9.13 Å². The van der Waals surface area contributed by atoms with Gasteiger partial charge >= 0.3 is 0 Å². The van der Waals surface area contributed by atoms with E-state index >= 15 is 0 Å². The molecule has 1 unspecified atom stereocenters. The first kappa shape index (κ1) is 27.9. The highest BCUT2D eigenvalue weighted by Gasteiger charge is 2.16. The molecule has 2 heteroatoms. The molecule has 9 aromatic rings. The summed E-state index contributed by atoms with van der Waals surface area (Å²) >= 11 is 0. The Morgan fingerprint density at radius 1 is 0.449 bits per heavy atom. The Morgan fingerprint density at radius 3 is 1.92 bits per heavy atom. The van der Waals surface area contributed by atoms with Gasteiger partial charge in [0, 0.05) is 32.8 Å². The van der Waals surface area contributed by atoms with Gasteiger partial charge in [-0.1, -0.05) is 116 Å². The third-order valence-corrected chi connectivity index (χ3v) is 10.4. The molecule has 7 aromatic carbocycles. The average molecular weight is 627 g/mol. The lowest BCUT2D eigenvalue weighted by atomic mass is 9.96. The largest absolute Gasteiger partial charge is 0.310 e. The van der Waals surface area contributed by atoms with Crippen molar-refractivity contribution in [3.8, 4) is 33.6 Å². The molecule has 2 nitrogen and oxygen atoms in total. The van der Waals surface area contributed by atoms with Crippen LogP contribution in [0.4, 0.5) is 0 Å². The molecular weight excluding hydrogens is 593 g/mol. The minimum atomic E-state index is 0.506. The van der Waals surface area contributed by atoms with Crippen LogP contribution < -0.4 is 10.6 Å². The number of para-hydroxylation sites is 2. The molecule has 2 heterocycles. The van der Waals surface area contributed by atoms with E-state index in [1.54, 1.807) is 0 Å². The Balaban J connectivity index is 1.10. The van der Waals surface area contributed by atoms with Crippen molar-refractivity contribution >= 4 is 55.6 Å². The molecule has 1 aliphatic rings. The number of nitrogens with zero attached hydrogens (tertiary/aromatic N) is 2. The normalized spacial score (nSPS) is 14.3. The second-order valence-electron chi connectivity index (χ2n) is 13.5. The molecule has 1 atom stereocenters. The van der Waals surface area contributed by atoms with Crippen molar-refractivity contribution in [1.29, 1.82) is 0 Å². The van der Waals surface area contributed by atoms with E-state index in [9.17, 15) is 0 Å². The summed E-state index contributed by atoms with van der Waals surface area (Å²) in [6, 6.07) is 57.8. The van der Waals surface area contributed by atoms with Gasteiger partial charge < -0.3 is 9.13 Å². The van der Waals surface area contributed by atoms with E-state index in [0.29, 0.717) is 5.92 Å². The number of rotatable bonds is 4. The van der Waals surface area contributed by atoms with Crippen LogP contribution in [0.3, 0.4) is 0 Å². The number of aromatic nitrogens is 2. The molecule has 0 saturated heterocycles. The third kappa shape index (κ3) is 4.48. The molecule has 0 fully saturated rings. The zero-order valence-corrected chi connectivity index (χ0v) is 27.3. The molecule has 0 saturated carbocycles. The van der Waals surface area contributed by atoms with E-state index in [4.69, 9.17) is 0 Å². The van der Waals surface area contributed by atoms with E-state index in [0.717, 1.165) is 6.42 Å². The molecule has 0 amide bonds. The smallest absolute Gasteiger partial charge is 0.0541 e. The fraction of sp³-hybridized carbons (Fsp3) is 0.0638. The Kier molecular flexibility index (Phi) is 6.25. The zero-order chi connectivity index (χ0) is 32.5. The van der Waals surface area contributed by atoms with Gasteiger partial charge in [0.15, 0.2) is 0 Å². The van der Waals surface area contributed by atoms with Crippen molar-refractivity contribution in [2.24, 2.45) is 5.92 Å². The summed E-state index contributed by atoms with van der Waals surface area (Å²) in [7, 11) is 0. The second-order valence-corrected chi connectivity index (χ2v) is 13.5. The molecule has 49 heavy (non-hydrogen) atoms. The van der Waals surface area contributed by atoms with Crippen molar-refractivity contribution in [3.63, 3.8) is 0 Å². The van der Waals surface area contributed by atoms with Crippen LogP contribution in [0.5, 0.6) is 0 Å². The predicted molar refractivity (Wildman–Crippen MR) is 208 cm³/mol. The lowest BCUT2D eigenvalue weighted by Gasteiger charge is -2.11. The first-order valence-corrected chi connectivity index (χ1v) is 17.2. The summed E-state index contributed by atoms with van der Waals surface area (Å²) in [5, 5.41) is 9.03. The quantitative estimate of drug-likeness (QED) is 0.184. The average Bonchev–Trinajstić information content (AvgIpc) is 3.66. The summed E-state index contributed by atoms with van der Waals surface area (Å²) in [5.41, 5.74) is 11.0. The molecule has 232 valence electrons. The van der Waals surface area contributed by atoms with Crippen LogP contribution in [0, 0.1) is 5.92 Å². The van der Waals surface area contributed by atoms with Crippen molar-refractivity contribution < 1.29 is 0 Å². The Hall–Kier alpha value is -6.12. The maximum atomic E-state index is 2.46. The van der Waals surface area contributed by atoms with Gasteiger partial charge in [0.05, 0.1) is 21.9 Å². The summed E-state index contributed by atoms with van der Waals surface area (Å²) in [6.07, 6.45) is 5.96. The van der Waals surface area contributed by atoms with Crippen molar-refractivity contribution in [2.45, 2.75) is 13.3 Å². The zero-order valence-electron chi connectivity index (χ0n) is 27.3. The summed E-state index contributed by atoms with van der Waals surface area (Å²) in [4.78, 5) is 0. The highest BCUT2D eigenvalue weighted by Crippen LogP contribution is 2.36. The number of fused-ring (bicyclic) bond motifs is 7. The summed E-state index contributed by atoms with van der Waals surface area (Å²) in [5.74, 6) is 0.506. The van der Waals surface area contributed by atoms with Gasteiger partial charge in [-0.05, 0) is 106 Å². The highest BCUT2D eigenvalue weighted by atomic mass is 15.0. The second kappa shape index (κ2) is 11.0. The Morgan fingerprint density at radius 2 is 1.10 bits per heavy atom. The number of benzene rings is 7. The Labute approximate surface area is 285 Å². The van der Waals surface area contributed by atoms with Crippen LogP contribution in [0.2, 0.25) is 0 Å². The summed E-state index contributed by atoms with van der Waals surface area (Å²) < 4.78 is 4.84.